The Kier molecular flexibility index (Phi) is 3.65. The smallest absolute Gasteiger partial charge is 0.123 e. The van der Waals surface area contributed by atoms with Crippen LogP contribution < -0.4 is 0 Å². The van der Waals surface area contributed by atoms with Crippen molar-refractivity contribution in [2.24, 2.45) is 7.05 Å². The number of aryl methyl sites for hydroxylation is 2. The molecular formula is C12H13ClN2. The maximum Gasteiger partial charge on any atom is 0.123 e. The lowest BCUT2D eigenvalue weighted by atomic mass is 10.2. The number of allylic oxidation sites excluding steroid dienone is 1. The van der Waals surface area contributed by atoms with Crippen molar-refractivity contribution in [2.45, 2.75) is 6.92 Å². The maximum atomic E-state index is 5.99. The third-order valence-corrected chi connectivity index (χ3v) is 2.34. The molecule has 3 heteroatoms. The average molecular weight is 221 g/mol. The SMILES string of the molecule is C#CC(=C)c1cc(C)ccc(Cl)n(C)[nH]1. The Morgan fingerprint density at radius 2 is 2.27 bits per heavy atom. The zero-order chi connectivity index (χ0) is 11.4. The normalized spacial score (nSPS) is 9.20. The monoisotopic (exact) mass is 220 g/mol. The van der Waals surface area contributed by atoms with Crippen LogP contribution in [0.15, 0.2) is 24.8 Å². The molecule has 1 rings (SSSR count). The average Bonchev–Trinajstić information content (AvgIpc) is 2.22. The highest BCUT2D eigenvalue weighted by molar-refractivity contribution is 6.29. The summed E-state index contributed by atoms with van der Waals surface area (Å²) in [6, 6.07) is 5.66. The fourth-order valence-corrected chi connectivity index (χ4v) is 1.19. The molecular weight excluding hydrogens is 208 g/mol. The molecule has 0 radical (unpaired) electrons. The Hall–Kier alpha value is -1.59. The van der Waals surface area contributed by atoms with Crippen molar-refractivity contribution >= 4 is 17.2 Å². The Labute approximate surface area is 94.9 Å². The molecule has 2 nitrogen and oxygen atoms in total. The van der Waals surface area contributed by atoms with E-state index >= 15 is 0 Å². The summed E-state index contributed by atoms with van der Waals surface area (Å²) in [5, 5.41) is 3.65. The van der Waals surface area contributed by atoms with E-state index in [1.807, 2.05) is 32.2 Å². The summed E-state index contributed by atoms with van der Waals surface area (Å²) < 4.78 is 1.68. The molecule has 15 heavy (non-hydrogen) atoms. The van der Waals surface area contributed by atoms with Gasteiger partial charge in [0.25, 0.3) is 0 Å². The van der Waals surface area contributed by atoms with Gasteiger partial charge in [0.15, 0.2) is 0 Å². The van der Waals surface area contributed by atoms with E-state index in [0.29, 0.717) is 10.7 Å². The van der Waals surface area contributed by atoms with Gasteiger partial charge >= 0.3 is 0 Å². The van der Waals surface area contributed by atoms with Gasteiger partial charge in [0, 0.05) is 12.6 Å². The first-order valence-corrected chi connectivity index (χ1v) is 4.84. The number of hydrogen-bond donors (Lipinski definition) is 1. The van der Waals surface area contributed by atoms with Crippen LogP contribution in [0.5, 0.6) is 0 Å². The van der Waals surface area contributed by atoms with E-state index in [1.54, 1.807) is 4.68 Å². The lowest BCUT2D eigenvalue weighted by molar-refractivity contribution is 0.740. The molecule has 78 valence electrons. The van der Waals surface area contributed by atoms with E-state index in [-0.39, 0.29) is 0 Å². The third kappa shape index (κ3) is 2.93. The molecule has 0 aromatic carbocycles. The van der Waals surface area contributed by atoms with Gasteiger partial charge < -0.3 is 0 Å². The van der Waals surface area contributed by atoms with Gasteiger partial charge in [-0.05, 0) is 24.6 Å². The first-order valence-electron chi connectivity index (χ1n) is 4.46. The molecule has 1 aromatic rings. The Bertz CT molecular complexity index is 471. The second kappa shape index (κ2) is 4.77. The quantitative estimate of drug-likeness (QED) is 0.703. The van der Waals surface area contributed by atoms with E-state index in [1.165, 1.54) is 0 Å². The molecule has 0 aliphatic carbocycles. The van der Waals surface area contributed by atoms with Crippen molar-refractivity contribution in [3.8, 4) is 12.3 Å². The minimum Gasteiger partial charge on any atom is -0.297 e. The molecule has 0 unspecified atom stereocenters. The minimum atomic E-state index is 0.588. The molecule has 0 fully saturated rings. The molecule has 0 atom stereocenters. The molecule has 0 amide bonds. The topological polar surface area (TPSA) is 20.7 Å². The van der Waals surface area contributed by atoms with E-state index in [9.17, 15) is 0 Å². The standard InChI is InChI=1S/C12H13ClN2/c1-5-10(3)11-8-9(2)6-7-12(13)15(4)14-11/h1,6-8,14H,3H2,2,4H3. The lowest BCUT2D eigenvalue weighted by Crippen LogP contribution is -1.99. The van der Waals surface area contributed by atoms with E-state index < -0.39 is 0 Å². The largest absolute Gasteiger partial charge is 0.297 e. The van der Waals surface area contributed by atoms with Gasteiger partial charge in [-0.1, -0.05) is 30.2 Å². The van der Waals surface area contributed by atoms with Crippen molar-refractivity contribution in [1.29, 1.82) is 0 Å². The lowest BCUT2D eigenvalue weighted by Gasteiger charge is -2.05. The molecule has 0 saturated carbocycles. The van der Waals surface area contributed by atoms with Crippen LogP contribution in [0.1, 0.15) is 11.3 Å². The summed E-state index contributed by atoms with van der Waals surface area (Å²) in [5.74, 6) is 2.50. The van der Waals surface area contributed by atoms with Gasteiger partial charge in [0.05, 0.1) is 5.69 Å². The van der Waals surface area contributed by atoms with E-state index in [0.717, 1.165) is 11.3 Å². The van der Waals surface area contributed by atoms with E-state index in [2.05, 4.69) is 17.6 Å². The molecule has 0 aliphatic rings. The Morgan fingerprint density at radius 1 is 1.60 bits per heavy atom. The van der Waals surface area contributed by atoms with Crippen LogP contribution in [0.3, 0.4) is 0 Å². The molecule has 1 heterocycles. The first kappa shape index (κ1) is 11.5. The number of aromatic amines is 1. The first-order chi connectivity index (χ1) is 7.04. The predicted molar refractivity (Wildman–Crippen MR) is 65.0 cm³/mol. The number of hydrogen-bond acceptors (Lipinski definition) is 0. The van der Waals surface area contributed by atoms with Crippen LogP contribution >= 0.6 is 11.6 Å². The van der Waals surface area contributed by atoms with Crippen LogP contribution in [0.2, 0.25) is 5.15 Å². The van der Waals surface area contributed by atoms with Crippen LogP contribution in [0.25, 0.3) is 5.57 Å². The Balaban J connectivity index is 3.49. The minimum absolute atomic E-state index is 0.588. The van der Waals surface area contributed by atoms with Crippen LogP contribution in [-0.4, -0.2) is 9.78 Å². The summed E-state index contributed by atoms with van der Waals surface area (Å²) in [6.45, 7) is 5.75. The third-order valence-electron chi connectivity index (χ3n) is 1.96. The number of aromatic nitrogens is 2. The fraction of sp³-hybridized carbons (Fsp3) is 0.167. The summed E-state index contributed by atoms with van der Waals surface area (Å²) in [6.07, 6.45) is 5.30. The zero-order valence-corrected chi connectivity index (χ0v) is 9.60. The molecule has 1 aromatic heterocycles. The highest BCUT2D eigenvalue weighted by Gasteiger charge is 1.96. The maximum absolute atomic E-state index is 5.99. The zero-order valence-electron chi connectivity index (χ0n) is 8.84. The predicted octanol–water partition coefficient (Wildman–Crippen LogP) is 3.09. The number of rotatable bonds is 1. The van der Waals surface area contributed by atoms with Gasteiger partial charge in [0.1, 0.15) is 5.15 Å². The summed E-state index contributed by atoms with van der Waals surface area (Å²) >= 11 is 5.99. The summed E-state index contributed by atoms with van der Waals surface area (Å²) in [5.41, 5.74) is 2.43. The second-order valence-electron chi connectivity index (χ2n) is 3.25. The van der Waals surface area contributed by atoms with E-state index in [4.69, 9.17) is 18.0 Å². The van der Waals surface area contributed by atoms with Crippen LogP contribution in [0.4, 0.5) is 0 Å². The highest BCUT2D eigenvalue weighted by Crippen LogP contribution is 2.10. The molecule has 1 N–H and O–H groups in total. The molecule has 0 saturated heterocycles. The summed E-state index contributed by atoms with van der Waals surface area (Å²) in [4.78, 5) is 0. The van der Waals surface area contributed by atoms with Gasteiger partial charge in [-0.3, -0.25) is 9.78 Å². The van der Waals surface area contributed by atoms with Crippen LogP contribution in [-0.2, 0) is 7.05 Å². The second-order valence-corrected chi connectivity index (χ2v) is 3.64. The molecule has 0 bridgehead atoms. The van der Waals surface area contributed by atoms with Gasteiger partial charge in [0.2, 0.25) is 0 Å². The number of halogens is 1. The Morgan fingerprint density at radius 3 is 2.87 bits per heavy atom. The van der Waals surface area contributed by atoms with Gasteiger partial charge in [-0.15, -0.1) is 6.42 Å². The molecule has 0 aliphatic heterocycles. The van der Waals surface area contributed by atoms with Crippen molar-refractivity contribution < 1.29 is 0 Å². The fourth-order valence-electron chi connectivity index (χ4n) is 1.09. The van der Waals surface area contributed by atoms with Crippen molar-refractivity contribution in [3.63, 3.8) is 0 Å². The highest BCUT2D eigenvalue weighted by atomic mass is 35.5. The number of terminal acetylenes is 1. The van der Waals surface area contributed by atoms with Crippen molar-refractivity contribution in [1.82, 2.24) is 9.78 Å². The van der Waals surface area contributed by atoms with Crippen LogP contribution in [0, 0.1) is 19.3 Å². The van der Waals surface area contributed by atoms with Crippen molar-refractivity contribution in [2.75, 3.05) is 0 Å². The van der Waals surface area contributed by atoms with Gasteiger partial charge in [-0.25, -0.2) is 0 Å². The van der Waals surface area contributed by atoms with Gasteiger partial charge in [-0.2, -0.15) is 0 Å². The van der Waals surface area contributed by atoms with Crippen molar-refractivity contribution in [3.05, 3.63) is 41.2 Å². The summed E-state index contributed by atoms with van der Waals surface area (Å²) in [7, 11) is 1.81. The number of nitrogens with one attached hydrogen (secondary N) is 1. The number of H-pyrrole nitrogens is 1. The number of nitrogens with zero attached hydrogens (tertiary/aromatic N) is 1. The molecule has 0 spiro atoms.